The van der Waals surface area contributed by atoms with E-state index in [0.717, 1.165) is 25.0 Å². The third kappa shape index (κ3) is 4.82. The summed E-state index contributed by atoms with van der Waals surface area (Å²) in [5.74, 6) is -2.11. The molecule has 0 aromatic heterocycles. The number of carboxylic acid groups (broad SMARTS) is 1. The maximum absolute atomic E-state index is 13.7. The molecule has 0 saturated carbocycles. The van der Waals surface area contributed by atoms with Gasteiger partial charge in [-0.15, -0.1) is 0 Å². The lowest BCUT2D eigenvalue weighted by Gasteiger charge is -2.20. The van der Waals surface area contributed by atoms with E-state index in [1.807, 2.05) is 0 Å². The van der Waals surface area contributed by atoms with E-state index in [1.54, 1.807) is 0 Å². The summed E-state index contributed by atoms with van der Waals surface area (Å²) in [7, 11) is 0. The van der Waals surface area contributed by atoms with Gasteiger partial charge >= 0.3 is 6.18 Å². The zero-order valence-corrected chi connectivity index (χ0v) is 15.8. The maximum Gasteiger partial charge on any atom is 0.417 e. The third-order valence-electron chi connectivity index (χ3n) is 4.55. The number of hydrogen-bond acceptors (Lipinski definition) is 4. The van der Waals surface area contributed by atoms with Crippen LogP contribution in [0.1, 0.15) is 28.8 Å². The van der Waals surface area contributed by atoms with Crippen molar-refractivity contribution in [3.8, 4) is 16.9 Å². The van der Waals surface area contributed by atoms with Crippen LogP contribution in [0.3, 0.4) is 0 Å². The second-order valence-corrected chi connectivity index (χ2v) is 7.00. The predicted molar refractivity (Wildman–Crippen MR) is 97.5 cm³/mol. The molecular weight excluding hydrogens is 411 g/mol. The van der Waals surface area contributed by atoms with Crippen LogP contribution in [0.4, 0.5) is 13.2 Å². The fourth-order valence-corrected chi connectivity index (χ4v) is 3.39. The maximum atomic E-state index is 13.7. The van der Waals surface area contributed by atoms with Crippen molar-refractivity contribution >= 4 is 23.5 Å². The van der Waals surface area contributed by atoms with Crippen LogP contribution in [-0.2, 0) is 11.0 Å². The number of nitrogens with zero attached hydrogens (tertiary/aromatic N) is 1. The van der Waals surface area contributed by atoms with Gasteiger partial charge < -0.3 is 19.5 Å². The number of hydrogen-bond donors (Lipinski definition) is 0. The van der Waals surface area contributed by atoms with Gasteiger partial charge in [0.25, 0.3) is 5.91 Å². The number of halogens is 4. The molecule has 2 aromatic rings. The van der Waals surface area contributed by atoms with Gasteiger partial charge in [0.2, 0.25) is 0 Å². The Morgan fingerprint density at radius 2 is 1.79 bits per heavy atom. The van der Waals surface area contributed by atoms with E-state index >= 15 is 0 Å². The molecular formula is C20H16ClF3NO4-. The molecule has 0 N–H and O–H groups in total. The molecule has 0 aliphatic carbocycles. The summed E-state index contributed by atoms with van der Waals surface area (Å²) in [5.41, 5.74) is -1.24. The number of aliphatic carboxylic acids is 1. The molecule has 0 atom stereocenters. The zero-order valence-electron chi connectivity index (χ0n) is 15.1. The van der Waals surface area contributed by atoms with Crippen molar-refractivity contribution in [1.29, 1.82) is 0 Å². The van der Waals surface area contributed by atoms with E-state index < -0.39 is 35.8 Å². The van der Waals surface area contributed by atoms with Crippen molar-refractivity contribution < 1.29 is 32.6 Å². The molecule has 0 spiro atoms. The van der Waals surface area contributed by atoms with Gasteiger partial charge in [-0.3, -0.25) is 4.79 Å². The van der Waals surface area contributed by atoms with E-state index in [2.05, 4.69) is 0 Å². The van der Waals surface area contributed by atoms with Crippen molar-refractivity contribution in [2.75, 3.05) is 19.7 Å². The molecule has 0 radical (unpaired) electrons. The van der Waals surface area contributed by atoms with E-state index in [0.29, 0.717) is 13.1 Å². The smallest absolute Gasteiger partial charge is 0.417 e. The van der Waals surface area contributed by atoms with Crippen LogP contribution < -0.4 is 9.84 Å². The summed E-state index contributed by atoms with van der Waals surface area (Å²) in [6, 6.07) is 7.48. The van der Waals surface area contributed by atoms with Gasteiger partial charge in [0.05, 0.1) is 17.1 Å². The molecule has 1 aliphatic heterocycles. The minimum absolute atomic E-state index is 0.0327. The van der Waals surface area contributed by atoms with Crippen molar-refractivity contribution in [2.45, 2.75) is 19.0 Å². The summed E-state index contributed by atoms with van der Waals surface area (Å²) in [4.78, 5) is 24.6. The van der Waals surface area contributed by atoms with Crippen molar-refractivity contribution in [2.24, 2.45) is 0 Å². The lowest BCUT2D eigenvalue weighted by molar-refractivity contribution is -0.307. The standard InChI is InChI=1S/C20H17ClF3NO4/c21-13-4-6-17(29-11-18(26)27)15(10-13)12-3-5-14(16(9-12)20(22,23)24)19(28)25-7-1-2-8-25/h3-6,9-10H,1-2,7-8,11H2,(H,26,27)/p-1. The molecule has 1 amide bonds. The Hall–Kier alpha value is -2.74. The molecule has 1 fully saturated rings. The number of carbonyl (C=O) groups excluding carboxylic acids is 2. The minimum atomic E-state index is -4.76. The summed E-state index contributed by atoms with van der Waals surface area (Å²) in [6.07, 6.45) is -3.25. The second-order valence-electron chi connectivity index (χ2n) is 6.56. The highest BCUT2D eigenvalue weighted by atomic mass is 35.5. The summed E-state index contributed by atoms with van der Waals surface area (Å²) in [5, 5.41) is 10.9. The van der Waals surface area contributed by atoms with Gasteiger partial charge in [-0.2, -0.15) is 13.2 Å². The first-order chi connectivity index (χ1) is 13.7. The topological polar surface area (TPSA) is 69.7 Å². The van der Waals surface area contributed by atoms with Crippen LogP contribution in [0.5, 0.6) is 5.75 Å². The number of amides is 1. The molecule has 9 heteroatoms. The van der Waals surface area contributed by atoms with Crippen LogP contribution in [-0.4, -0.2) is 36.5 Å². The molecule has 0 unspecified atom stereocenters. The monoisotopic (exact) mass is 426 g/mol. The predicted octanol–water partition coefficient (Wildman–Crippen LogP) is 3.39. The largest absolute Gasteiger partial charge is 0.546 e. The Labute approximate surface area is 169 Å². The fourth-order valence-electron chi connectivity index (χ4n) is 3.21. The van der Waals surface area contributed by atoms with Gasteiger partial charge in [-0.25, -0.2) is 0 Å². The van der Waals surface area contributed by atoms with Gasteiger partial charge in [-0.1, -0.05) is 17.7 Å². The Balaban J connectivity index is 2.06. The van der Waals surface area contributed by atoms with Crippen molar-refractivity contribution in [1.82, 2.24) is 4.90 Å². The molecule has 1 heterocycles. The van der Waals surface area contributed by atoms with Gasteiger partial charge in [0.1, 0.15) is 12.4 Å². The normalized spacial score (nSPS) is 14.1. The number of ether oxygens (including phenoxy) is 1. The molecule has 5 nitrogen and oxygen atoms in total. The van der Waals surface area contributed by atoms with E-state index in [4.69, 9.17) is 16.3 Å². The highest BCUT2D eigenvalue weighted by Crippen LogP contribution is 2.39. The molecule has 1 aliphatic rings. The van der Waals surface area contributed by atoms with Crippen LogP contribution >= 0.6 is 11.6 Å². The van der Waals surface area contributed by atoms with Crippen LogP contribution in [0.25, 0.3) is 11.1 Å². The van der Waals surface area contributed by atoms with Crippen molar-refractivity contribution in [3.05, 3.63) is 52.5 Å². The Kier molecular flexibility index (Phi) is 6.02. The number of alkyl halides is 3. The second kappa shape index (κ2) is 8.32. The van der Waals surface area contributed by atoms with Gasteiger partial charge in [0, 0.05) is 23.7 Å². The number of carbonyl (C=O) groups is 2. The average Bonchev–Trinajstić information content (AvgIpc) is 3.20. The summed E-state index contributed by atoms with van der Waals surface area (Å²) in [6.45, 7) is 0.0765. The first-order valence-electron chi connectivity index (χ1n) is 8.80. The fraction of sp³-hybridized carbons (Fsp3) is 0.300. The van der Waals surface area contributed by atoms with Crippen molar-refractivity contribution in [3.63, 3.8) is 0 Å². The van der Waals surface area contributed by atoms with E-state index in [9.17, 15) is 27.9 Å². The molecule has 0 bridgehead atoms. The van der Waals surface area contributed by atoms with Crippen LogP contribution in [0.15, 0.2) is 36.4 Å². The Morgan fingerprint density at radius 3 is 2.41 bits per heavy atom. The van der Waals surface area contributed by atoms with E-state index in [-0.39, 0.29) is 21.9 Å². The van der Waals surface area contributed by atoms with E-state index in [1.165, 1.54) is 29.2 Å². The lowest BCUT2D eigenvalue weighted by atomic mass is 9.97. The number of rotatable bonds is 5. The first kappa shape index (κ1) is 21.0. The highest BCUT2D eigenvalue weighted by Gasteiger charge is 2.37. The molecule has 3 rings (SSSR count). The molecule has 1 saturated heterocycles. The van der Waals surface area contributed by atoms with Gasteiger partial charge in [-0.05, 0) is 48.7 Å². The Bertz CT molecular complexity index is 940. The number of carboxylic acids is 1. The van der Waals surface area contributed by atoms with Crippen LogP contribution in [0, 0.1) is 0 Å². The number of likely N-dealkylation sites (tertiary alicyclic amines) is 1. The third-order valence-corrected chi connectivity index (χ3v) is 4.78. The highest BCUT2D eigenvalue weighted by molar-refractivity contribution is 6.31. The average molecular weight is 427 g/mol. The zero-order chi connectivity index (χ0) is 21.2. The first-order valence-corrected chi connectivity index (χ1v) is 9.17. The quantitative estimate of drug-likeness (QED) is 0.735. The summed E-state index contributed by atoms with van der Waals surface area (Å²) >= 11 is 5.96. The molecule has 2 aromatic carbocycles. The SMILES string of the molecule is O=C([O-])COc1ccc(Cl)cc1-c1ccc(C(=O)N2CCCC2)c(C(F)(F)F)c1. The van der Waals surface area contributed by atoms with Crippen LogP contribution in [0.2, 0.25) is 5.02 Å². The molecule has 154 valence electrons. The summed E-state index contributed by atoms with van der Waals surface area (Å²) < 4.78 is 46.2. The lowest BCUT2D eigenvalue weighted by Crippen LogP contribution is -2.29. The minimum Gasteiger partial charge on any atom is -0.546 e. The van der Waals surface area contributed by atoms with Gasteiger partial charge in [0.15, 0.2) is 0 Å². The number of benzene rings is 2. The molecule has 29 heavy (non-hydrogen) atoms. The Morgan fingerprint density at radius 1 is 1.10 bits per heavy atom.